The third-order valence-corrected chi connectivity index (χ3v) is 7.96. The zero-order chi connectivity index (χ0) is 24.5. The van der Waals surface area contributed by atoms with Crippen molar-refractivity contribution in [1.82, 2.24) is 25.1 Å². The zero-order valence-corrected chi connectivity index (χ0v) is 20.5. The number of amides is 4. The second kappa shape index (κ2) is 9.24. The van der Waals surface area contributed by atoms with Gasteiger partial charge in [0.05, 0.1) is 0 Å². The Labute approximate surface area is 201 Å². The molecule has 2 aliphatic rings. The van der Waals surface area contributed by atoms with E-state index in [2.05, 4.69) is 36.4 Å². The summed E-state index contributed by atoms with van der Waals surface area (Å²) in [5.74, 6) is 0.506. The van der Waals surface area contributed by atoms with Crippen molar-refractivity contribution in [2.24, 2.45) is 18.4 Å². The van der Waals surface area contributed by atoms with Crippen molar-refractivity contribution in [2.45, 2.75) is 64.5 Å². The molecule has 1 aromatic heterocycles. The minimum absolute atomic E-state index is 0.213. The van der Waals surface area contributed by atoms with Crippen LogP contribution in [0.3, 0.4) is 0 Å². The van der Waals surface area contributed by atoms with E-state index >= 15 is 0 Å². The molecule has 2 heterocycles. The van der Waals surface area contributed by atoms with E-state index in [1.54, 1.807) is 6.20 Å². The third kappa shape index (κ3) is 4.45. The molecule has 1 aromatic carbocycles. The van der Waals surface area contributed by atoms with Crippen molar-refractivity contribution in [2.75, 3.05) is 6.54 Å². The first kappa shape index (κ1) is 24.0. The number of carbonyl (C=O) groups is 3. The Balaban J connectivity index is 1.45. The minimum Gasteiger partial charge on any atom is -0.341 e. The first-order chi connectivity index (χ1) is 16.2. The van der Waals surface area contributed by atoms with Crippen LogP contribution in [-0.2, 0) is 16.6 Å². The normalized spacial score (nSPS) is 23.8. The maximum atomic E-state index is 13.3. The number of urea groups is 1. The number of benzene rings is 1. The van der Waals surface area contributed by atoms with Gasteiger partial charge in [0, 0.05) is 19.4 Å². The number of aromatic nitrogens is 2. The summed E-state index contributed by atoms with van der Waals surface area (Å²) >= 11 is 0. The second-order valence-electron chi connectivity index (χ2n) is 10.3. The van der Waals surface area contributed by atoms with Crippen molar-refractivity contribution in [3.8, 4) is 0 Å². The molecule has 2 aromatic rings. The summed E-state index contributed by atoms with van der Waals surface area (Å²) in [6, 6.07) is 8.56. The van der Waals surface area contributed by atoms with Gasteiger partial charge >= 0.3 is 6.03 Å². The lowest BCUT2D eigenvalue weighted by Gasteiger charge is -2.42. The molecule has 0 bridgehead atoms. The maximum absolute atomic E-state index is 13.3. The second-order valence-corrected chi connectivity index (χ2v) is 10.3. The first-order valence-corrected chi connectivity index (χ1v) is 12.1. The number of imidazole rings is 1. The number of nitrogens with zero attached hydrogens (tertiary/aromatic N) is 3. The number of hydrogen-bond donors (Lipinski definition) is 2. The monoisotopic (exact) mass is 465 g/mol. The van der Waals surface area contributed by atoms with E-state index < -0.39 is 23.5 Å². The Morgan fingerprint density at radius 2 is 1.91 bits per heavy atom. The van der Waals surface area contributed by atoms with E-state index in [4.69, 9.17) is 0 Å². The number of imide groups is 1. The Bertz CT molecular complexity index is 1050. The summed E-state index contributed by atoms with van der Waals surface area (Å²) in [6.07, 6.45) is 7.58. The topological polar surface area (TPSA) is 96.3 Å². The molecule has 1 saturated heterocycles. The van der Waals surface area contributed by atoms with E-state index in [1.165, 1.54) is 0 Å². The molecular weight excluding hydrogens is 430 g/mol. The van der Waals surface area contributed by atoms with Gasteiger partial charge in [0.1, 0.15) is 23.9 Å². The largest absolute Gasteiger partial charge is 0.341 e. The first-order valence-electron chi connectivity index (χ1n) is 12.1. The fourth-order valence-electron chi connectivity index (χ4n) is 5.29. The van der Waals surface area contributed by atoms with Crippen molar-refractivity contribution in [1.29, 1.82) is 0 Å². The van der Waals surface area contributed by atoms with Crippen molar-refractivity contribution >= 4 is 17.8 Å². The highest BCUT2D eigenvalue weighted by Crippen LogP contribution is 2.45. The smallest absolute Gasteiger partial charge is 0.325 e. The van der Waals surface area contributed by atoms with Crippen molar-refractivity contribution < 1.29 is 14.4 Å². The molecule has 0 radical (unpaired) electrons. The summed E-state index contributed by atoms with van der Waals surface area (Å²) in [4.78, 5) is 44.6. The lowest BCUT2D eigenvalue weighted by atomic mass is 9.65. The highest BCUT2D eigenvalue weighted by atomic mass is 16.2. The van der Waals surface area contributed by atoms with Crippen LogP contribution in [0, 0.1) is 11.3 Å². The fourth-order valence-corrected chi connectivity index (χ4v) is 5.29. The van der Waals surface area contributed by atoms with Gasteiger partial charge < -0.3 is 15.2 Å². The number of rotatable bonds is 7. The molecule has 1 aliphatic carbocycles. The Morgan fingerprint density at radius 3 is 2.50 bits per heavy atom. The molecular formula is C26H35N5O3. The number of aryl methyl sites for hydroxylation is 1. The summed E-state index contributed by atoms with van der Waals surface area (Å²) in [5, 5.41) is 5.90. The van der Waals surface area contributed by atoms with Gasteiger partial charge in [-0.2, -0.15) is 0 Å². The molecule has 4 rings (SSSR count). The molecule has 182 valence electrons. The van der Waals surface area contributed by atoms with Gasteiger partial charge in [-0.05, 0) is 42.6 Å². The molecule has 2 fully saturated rings. The Morgan fingerprint density at radius 1 is 1.24 bits per heavy atom. The Hall–Kier alpha value is -3.16. The van der Waals surface area contributed by atoms with E-state index in [0.717, 1.165) is 29.7 Å². The highest BCUT2D eigenvalue weighted by molar-refractivity contribution is 6.09. The maximum Gasteiger partial charge on any atom is 0.325 e. The lowest BCUT2D eigenvalue weighted by molar-refractivity contribution is -0.136. The van der Waals surface area contributed by atoms with Crippen LogP contribution in [0.5, 0.6) is 0 Å². The van der Waals surface area contributed by atoms with Gasteiger partial charge in [0.15, 0.2) is 0 Å². The molecule has 1 aliphatic heterocycles. The predicted octanol–water partition coefficient (Wildman–Crippen LogP) is 3.54. The fraction of sp³-hybridized carbons (Fsp3) is 0.538. The molecule has 8 heteroatoms. The highest BCUT2D eigenvalue weighted by Gasteiger charge is 2.53. The van der Waals surface area contributed by atoms with Gasteiger partial charge in [-0.25, -0.2) is 9.78 Å². The molecule has 1 atom stereocenters. The number of hydrogen-bond acceptors (Lipinski definition) is 4. The van der Waals surface area contributed by atoms with Crippen LogP contribution in [0.2, 0.25) is 0 Å². The average molecular weight is 466 g/mol. The molecule has 34 heavy (non-hydrogen) atoms. The zero-order valence-electron chi connectivity index (χ0n) is 20.5. The van der Waals surface area contributed by atoms with E-state index in [-0.39, 0.29) is 17.9 Å². The molecule has 1 unspecified atom stereocenters. The van der Waals surface area contributed by atoms with Gasteiger partial charge in [-0.3, -0.25) is 14.5 Å². The summed E-state index contributed by atoms with van der Waals surface area (Å²) in [7, 11) is 1.86. The molecule has 2 N–H and O–H groups in total. The molecule has 1 saturated carbocycles. The predicted molar refractivity (Wildman–Crippen MR) is 129 cm³/mol. The summed E-state index contributed by atoms with van der Waals surface area (Å²) in [5.41, 5.74) is 0.205. The van der Waals surface area contributed by atoms with Gasteiger partial charge in [-0.1, -0.05) is 57.5 Å². The minimum atomic E-state index is -0.879. The van der Waals surface area contributed by atoms with Crippen LogP contribution >= 0.6 is 0 Å². The van der Waals surface area contributed by atoms with Gasteiger partial charge in [-0.15, -0.1) is 0 Å². The van der Waals surface area contributed by atoms with E-state index in [9.17, 15) is 14.4 Å². The number of nitrogens with one attached hydrogen (secondary N) is 2. The summed E-state index contributed by atoms with van der Waals surface area (Å²) < 4.78 is 1.84. The summed E-state index contributed by atoms with van der Waals surface area (Å²) in [6.45, 7) is 6.42. The van der Waals surface area contributed by atoms with Crippen molar-refractivity contribution in [3.63, 3.8) is 0 Å². The molecule has 1 spiro atoms. The average Bonchev–Trinajstić information content (AvgIpc) is 3.35. The van der Waals surface area contributed by atoms with Crippen molar-refractivity contribution in [3.05, 3.63) is 54.1 Å². The molecule has 4 amide bonds. The quantitative estimate of drug-likeness (QED) is 0.612. The molecule has 8 nitrogen and oxygen atoms in total. The van der Waals surface area contributed by atoms with Crippen LogP contribution in [-0.4, -0.2) is 44.4 Å². The van der Waals surface area contributed by atoms with Crippen LogP contribution in [0.1, 0.15) is 70.3 Å². The Kier molecular flexibility index (Phi) is 6.51. The number of carbonyl (C=O) groups excluding carboxylic acids is 3. The lowest BCUT2D eigenvalue weighted by Crippen LogP contribution is -2.51. The standard InChI is InChI=1S/C26H35N5O3/c1-5-25(2,3)19-11-13-26(14-12-19)23(33)31(24(34)29-26)17-20(32)28-21(18-9-7-6-8-10-18)22-27-15-16-30(22)4/h6-10,15-16,19,21H,5,11-14,17H2,1-4H3,(H,28,32)(H,29,34). The van der Waals surface area contributed by atoms with Crippen LogP contribution in [0.15, 0.2) is 42.7 Å². The van der Waals surface area contributed by atoms with E-state index in [0.29, 0.717) is 24.6 Å². The van der Waals surface area contributed by atoms with Crippen LogP contribution in [0.4, 0.5) is 4.79 Å². The van der Waals surface area contributed by atoms with Gasteiger partial charge in [0.25, 0.3) is 5.91 Å². The van der Waals surface area contributed by atoms with Crippen LogP contribution in [0.25, 0.3) is 0 Å². The van der Waals surface area contributed by atoms with Gasteiger partial charge in [0.2, 0.25) is 5.91 Å². The SMILES string of the molecule is CCC(C)(C)C1CCC2(CC1)NC(=O)N(CC(=O)NC(c1ccccc1)c1nccn1C)C2=O. The van der Waals surface area contributed by atoms with E-state index in [1.807, 2.05) is 48.1 Å². The van der Waals surface area contributed by atoms with Crippen LogP contribution < -0.4 is 10.6 Å². The third-order valence-electron chi connectivity index (χ3n) is 7.96.